The van der Waals surface area contributed by atoms with Crippen molar-refractivity contribution in [2.75, 3.05) is 12.0 Å². The molecule has 0 radical (unpaired) electrons. The van der Waals surface area contributed by atoms with Gasteiger partial charge in [0, 0.05) is 0 Å². The SMILES string of the molecule is CCOC(=O)C(C)=NNc1ccc(Oc2cccc(C)c2)cc1. The quantitative estimate of drug-likeness (QED) is 0.495. The number of carbonyl (C=O) groups excluding carboxylic acids is 1. The fourth-order valence-electron chi connectivity index (χ4n) is 1.84. The van der Waals surface area contributed by atoms with Crippen molar-refractivity contribution >= 4 is 17.4 Å². The molecular formula is C18H20N2O3. The Kier molecular flexibility index (Phi) is 5.74. The van der Waals surface area contributed by atoms with Crippen molar-refractivity contribution in [2.45, 2.75) is 20.8 Å². The van der Waals surface area contributed by atoms with E-state index in [1.807, 2.05) is 55.5 Å². The molecule has 2 rings (SSSR count). The first kappa shape index (κ1) is 16.5. The van der Waals surface area contributed by atoms with Gasteiger partial charge in [-0.25, -0.2) is 4.79 Å². The average Bonchev–Trinajstić information content (AvgIpc) is 2.54. The molecule has 1 N–H and O–H groups in total. The van der Waals surface area contributed by atoms with Crippen LogP contribution in [-0.2, 0) is 9.53 Å². The van der Waals surface area contributed by atoms with Crippen LogP contribution < -0.4 is 10.2 Å². The Bertz CT molecular complexity index is 694. The fraction of sp³-hybridized carbons (Fsp3) is 0.222. The maximum absolute atomic E-state index is 11.4. The van der Waals surface area contributed by atoms with Crippen LogP contribution in [0.25, 0.3) is 0 Å². The first-order chi connectivity index (χ1) is 11.1. The van der Waals surface area contributed by atoms with Crippen molar-refractivity contribution in [3.05, 3.63) is 54.1 Å². The molecule has 23 heavy (non-hydrogen) atoms. The Hall–Kier alpha value is -2.82. The zero-order valence-corrected chi connectivity index (χ0v) is 13.5. The summed E-state index contributed by atoms with van der Waals surface area (Å²) in [5.74, 6) is 1.09. The molecule has 0 fully saturated rings. The van der Waals surface area contributed by atoms with Crippen LogP contribution in [0.2, 0.25) is 0 Å². The number of hydrogen-bond donors (Lipinski definition) is 1. The number of nitrogens with one attached hydrogen (secondary N) is 1. The summed E-state index contributed by atoms with van der Waals surface area (Å²) in [6.45, 7) is 5.70. The summed E-state index contributed by atoms with van der Waals surface area (Å²) in [5.41, 5.74) is 4.98. The maximum atomic E-state index is 11.4. The zero-order valence-electron chi connectivity index (χ0n) is 13.5. The third-order valence-electron chi connectivity index (χ3n) is 3.00. The highest BCUT2D eigenvalue weighted by Gasteiger charge is 2.05. The molecule has 0 unspecified atom stereocenters. The number of anilines is 1. The predicted molar refractivity (Wildman–Crippen MR) is 91.1 cm³/mol. The van der Waals surface area contributed by atoms with Crippen molar-refractivity contribution in [3.8, 4) is 11.5 Å². The number of esters is 1. The van der Waals surface area contributed by atoms with E-state index in [9.17, 15) is 4.79 Å². The van der Waals surface area contributed by atoms with Crippen LogP contribution in [0.1, 0.15) is 19.4 Å². The van der Waals surface area contributed by atoms with Crippen LogP contribution in [0.4, 0.5) is 5.69 Å². The first-order valence-corrected chi connectivity index (χ1v) is 7.40. The van der Waals surface area contributed by atoms with E-state index in [-0.39, 0.29) is 5.71 Å². The Morgan fingerprint density at radius 3 is 2.52 bits per heavy atom. The van der Waals surface area contributed by atoms with E-state index in [0.717, 1.165) is 22.7 Å². The summed E-state index contributed by atoms with van der Waals surface area (Å²) in [7, 11) is 0. The largest absolute Gasteiger partial charge is 0.461 e. The fourth-order valence-corrected chi connectivity index (χ4v) is 1.84. The molecule has 0 saturated carbocycles. The monoisotopic (exact) mass is 312 g/mol. The van der Waals surface area contributed by atoms with Gasteiger partial charge in [-0.15, -0.1) is 0 Å². The maximum Gasteiger partial charge on any atom is 0.354 e. The Labute approximate surface area is 135 Å². The number of hydrazone groups is 1. The standard InChI is InChI=1S/C18H20N2O3/c1-4-22-18(21)14(3)19-20-15-8-10-16(11-9-15)23-17-7-5-6-13(2)12-17/h5-12,20H,4H2,1-3H3. The Morgan fingerprint density at radius 2 is 1.87 bits per heavy atom. The second-order valence-corrected chi connectivity index (χ2v) is 4.97. The van der Waals surface area contributed by atoms with Crippen molar-refractivity contribution < 1.29 is 14.3 Å². The number of carbonyl (C=O) groups is 1. The molecule has 0 amide bonds. The van der Waals surface area contributed by atoms with Crippen LogP contribution in [0.5, 0.6) is 11.5 Å². The van der Waals surface area contributed by atoms with E-state index in [1.54, 1.807) is 13.8 Å². The highest BCUT2D eigenvalue weighted by atomic mass is 16.5. The summed E-state index contributed by atoms with van der Waals surface area (Å²) in [6, 6.07) is 15.2. The molecule has 0 aliphatic carbocycles. The van der Waals surface area contributed by atoms with Gasteiger partial charge >= 0.3 is 5.97 Å². The zero-order chi connectivity index (χ0) is 16.7. The molecule has 5 heteroatoms. The summed E-state index contributed by atoms with van der Waals surface area (Å²) < 4.78 is 10.6. The Balaban J connectivity index is 1.97. The normalized spacial score (nSPS) is 11.0. The van der Waals surface area contributed by atoms with E-state index in [2.05, 4.69) is 10.5 Å². The van der Waals surface area contributed by atoms with Crippen LogP contribution in [0.15, 0.2) is 53.6 Å². The van der Waals surface area contributed by atoms with Crippen molar-refractivity contribution in [2.24, 2.45) is 5.10 Å². The number of ether oxygens (including phenoxy) is 2. The number of aryl methyl sites for hydroxylation is 1. The minimum absolute atomic E-state index is 0.270. The minimum Gasteiger partial charge on any atom is -0.461 e. The highest BCUT2D eigenvalue weighted by Crippen LogP contribution is 2.23. The smallest absolute Gasteiger partial charge is 0.354 e. The summed E-state index contributed by atoms with van der Waals surface area (Å²) in [6.07, 6.45) is 0. The lowest BCUT2D eigenvalue weighted by Crippen LogP contribution is -2.15. The number of rotatable bonds is 6. The van der Waals surface area contributed by atoms with Crippen LogP contribution in [-0.4, -0.2) is 18.3 Å². The lowest BCUT2D eigenvalue weighted by atomic mass is 10.2. The van der Waals surface area contributed by atoms with Gasteiger partial charge in [0.05, 0.1) is 12.3 Å². The van der Waals surface area contributed by atoms with Gasteiger partial charge in [-0.2, -0.15) is 5.10 Å². The molecule has 2 aromatic rings. The molecule has 0 heterocycles. The van der Waals surface area contributed by atoms with Crippen LogP contribution in [0, 0.1) is 6.92 Å². The van der Waals surface area contributed by atoms with E-state index in [1.165, 1.54) is 0 Å². The van der Waals surface area contributed by atoms with Gasteiger partial charge in [0.1, 0.15) is 17.2 Å². The predicted octanol–water partition coefficient (Wildman–Crippen LogP) is 4.14. The van der Waals surface area contributed by atoms with Crippen LogP contribution in [0.3, 0.4) is 0 Å². The second kappa shape index (κ2) is 7.98. The van der Waals surface area contributed by atoms with Crippen LogP contribution >= 0.6 is 0 Å². The molecule has 2 aromatic carbocycles. The van der Waals surface area contributed by atoms with Gasteiger partial charge in [-0.1, -0.05) is 12.1 Å². The summed E-state index contributed by atoms with van der Waals surface area (Å²) in [4.78, 5) is 11.4. The average molecular weight is 312 g/mol. The number of nitrogens with zero attached hydrogens (tertiary/aromatic N) is 1. The van der Waals surface area contributed by atoms with E-state index in [0.29, 0.717) is 6.61 Å². The molecule has 0 atom stereocenters. The topological polar surface area (TPSA) is 59.9 Å². The molecule has 0 aliphatic rings. The molecule has 0 saturated heterocycles. The molecule has 5 nitrogen and oxygen atoms in total. The molecule has 0 aromatic heterocycles. The third kappa shape index (κ3) is 5.14. The molecule has 0 aliphatic heterocycles. The van der Waals surface area contributed by atoms with Gasteiger partial charge in [-0.05, 0) is 62.7 Å². The van der Waals surface area contributed by atoms with Gasteiger partial charge < -0.3 is 9.47 Å². The van der Waals surface area contributed by atoms with E-state index in [4.69, 9.17) is 9.47 Å². The van der Waals surface area contributed by atoms with E-state index >= 15 is 0 Å². The molecule has 0 spiro atoms. The van der Waals surface area contributed by atoms with E-state index < -0.39 is 5.97 Å². The lowest BCUT2D eigenvalue weighted by Gasteiger charge is -2.07. The van der Waals surface area contributed by atoms with Crippen molar-refractivity contribution in [3.63, 3.8) is 0 Å². The molecule has 120 valence electrons. The highest BCUT2D eigenvalue weighted by molar-refractivity contribution is 6.35. The van der Waals surface area contributed by atoms with Gasteiger partial charge in [0.15, 0.2) is 0 Å². The Morgan fingerprint density at radius 1 is 1.13 bits per heavy atom. The third-order valence-corrected chi connectivity index (χ3v) is 3.00. The van der Waals surface area contributed by atoms with Crippen molar-refractivity contribution in [1.82, 2.24) is 0 Å². The first-order valence-electron chi connectivity index (χ1n) is 7.40. The van der Waals surface area contributed by atoms with Gasteiger partial charge in [-0.3, -0.25) is 5.43 Å². The second-order valence-electron chi connectivity index (χ2n) is 4.97. The molecular weight excluding hydrogens is 292 g/mol. The minimum atomic E-state index is -0.431. The number of benzene rings is 2. The van der Waals surface area contributed by atoms with Gasteiger partial charge in [0.25, 0.3) is 0 Å². The van der Waals surface area contributed by atoms with Gasteiger partial charge in [0.2, 0.25) is 0 Å². The lowest BCUT2D eigenvalue weighted by molar-refractivity contribution is -0.135. The van der Waals surface area contributed by atoms with Crippen molar-refractivity contribution in [1.29, 1.82) is 0 Å². The summed E-state index contributed by atoms with van der Waals surface area (Å²) >= 11 is 0. The summed E-state index contributed by atoms with van der Waals surface area (Å²) in [5, 5.41) is 3.99. The number of hydrogen-bond acceptors (Lipinski definition) is 5. The molecule has 0 bridgehead atoms.